The van der Waals surface area contributed by atoms with Crippen LogP contribution in [0.3, 0.4) is 0 Å². The first-order chi connectivity index (χ1) is 13.4. The minimum absolute atomic E-state index is 0.0514. The van der Waals surface area contributed by atoms with Crippen molar-refractivity contribution in [3.8, 4) is 5.75 Å². The number of nitrogens with one attached hydrogen (secondary N) is 2. The summed E-state index contributed by atoms with van der Waals surface area (Å²) in [5.41, 5.74) is 0.820. The zero-order valence-electron chi connectivity index (χ0n) is 16.1. The molecule has 150 valence electrons. The number of ether oxygens (including phenoxy) is 2. The summed E-state index contributed by atoms with van der Waals surface area (Å²) in [6.45, 7) is 3.16. The molecule has 1 aromatic heterocycles. The number of para-hydroxylation sites is 1. The van der Waals surface area contributed by atoms with Crippen LogP contribution >= 0.6 is 11.3 Å². The van der Waals surface area contributed by atoms with Crippen LogP contribution in [-0.4, -0.2) is 31.0 Å². The van der Waals surface area contributed by atoms with Gasteiger partial charge in [0, 0.05) is 23.9 Å². The first kappa shape index (κ1) is 21.4. The number of rotatable bonds is 9. The fraction of sp³-hybridized carbons (Fsp3) is 0.350. The number of carbonyl (C=O) groups is 3. The number of hydrogen-bond donors (Lipinski definition) is 2. The minimum Gasteiger partial charge on any atom is -0.496 e. The maximum absolute atomic E-state index is 12.3. The Kier molecular flexibility index (Phi) is 8.01. The molecule has 7 nitrogen and oxygen atoms in total. The van der Waals surface area contributed by atoms with Gasteiger partial charge in [0.1, 0.15) is 5.75 Å². The minimum atomic E-state index is -0.955. The van der Waals surface area contributed by atoms with E-state index < -0.39 is 24.0 Å². The van der Waals surface area contributed by atoms with Crippen LogP contribution in [0.2, 0.25) is 0 Å². The zero-order valence-corrected chi connectivity index (χ0v) is 16.9. The fourth-order valence-corrected chi connectivity index (χ4v) is 3.38. The van der Waals surface area contributed by atoms with Gasteiger partial charge in [0.2, 0.25) is 5.91 Å². The van der Waals surface area contributed by atoms with Crippen molar-refractivity contribution in [2.24, 2.45) is 0 Å². The average Bonchev–Trinajstić information content (AvgIpc) is 3.20. The van der Waals surface area contributed by atoms with Gasteiger partial charge in [-0.1, -0.05) is 24.3 Å². The molecule has 0 spiro atoms. The lowest BCUT2D eigenvalue weighted by Crippen LogP contribution is -2.36. The number of methoxy groups -OCH3 is 1. The molecule has 0 bridgehead atoms. The Balaban J connectivity index is 1.88. The molecule has 28 heavy (non-hydrogen) atoms. The van der Waals surface area contributed by atoms with Crippen LogP contribution < -0.4 is 15.4 Å². The molecule has 0 aliphatic heterocycles. The lowest BCUT2D eigenvalue weighted by atomic mass is 10.1. The van der Waals surface area contributed by atoms with E-state index in [2.05, 4.69) is 10.6 Å². The Morgan fingerprint density at radius 1 is 1.14 bits per heavy atom. The highest BCUT2D eigenvalue weighted by atomic mass is 32.1. The molecule has 2 atom stereocenters. The molecule has 0 aliphatic rings. The molecule has 8 heteroatoms. The standard InChI is InChI=1S/C20H24N2O5S/c1-13(20(25)21-12-15-7-4-5-8-17(15)26-3)27-19(24)11-16(22-14(2)23)18-9-6-10-28-18/h4-10,13,16H,11-12H2,1-3H3,(H,21,25)(H,22,23). The van der Waals surface area contributed by atoms with E-state index in [-0.39, 0.29) is 18.9 Å². The number of benzene rings is 1. The number of amides is 2. The van der Waals surface area contributed by atoms with Crippen molar-refractivity contribution >= 4 is 29.1 Å². The molecular weight excluding hydrogens is 380 g/mol. The third kappa shape index (κ3) is 6.38. The largest absolute Gasteiger partial charge is 0.496 e. The number of carbonyl (C=O) groups excluding carboxylic acids is 3. The van der Waals surface area contributed by atoms with E-state index in [9.17, 15) is 14.4 Å². The number of thiophene rings is 1. The smallest absolute Gasteiger partial charge is 0.309 e. The molecule has 0 fully saturated rings. The van der Waals surface area contributed by atoms with Crippen molar-refractivity contribution in [3.05, 3.63) is 52.2 Å². The molecule has 1 heterocycles. The van der Waals surface area contributed by atoms with E-state index in [1.54, 1.807) is 13.2 Å². The molecule has 1 aromatic carbocycles. The highest BCUT2D eigenvalue weighted by Crippen LogP contribution is 2.23. The van der Waals surface area contributed by atoms with Crippen LogP contribution in [0.15, 0.2) is 41.8 Å². The molecule has 0 radical (unpaired) electrons. The van der Waals surface area contributed by atoms with Crippen LogP contribution in [0, 0.1) is 0 Å². The first-order valence-electron chi connectivity index (χ1n) is 8.80. The average molecular weight is 404 g/mol. The summed E-state index contributed by atoms with van der Waals surface area (Å²) in [7, 11) is 1.56. The molecule has 2 aromatic rings. The van der Waals surface area contributed by atoms with Gasteiger partial charge in [-0.05, 0) is 24.4 Å². The summed E-state index contributed by atoms with van der Waals surface area (Å²) in [5, 5.41) is 7.32. The Morgan fingerprint density at radius 3 is 2.54 bits per heavy atom. The molecule has 0 saturated heterocycles. The summed E-state index contributed by atoms with van der Waals surface area (Å²) in [4.78, 5) is 36.7. The maximum Gasteiger partial charge on any atom is 0.309 e. The molecule has 2 amide bonds. The van der Waals surface area contributed by atoms with Crippen LogP contribution in [0.25, 0.3) is 0 Å². The predicted molar refractivity (Wildman–Crippen MR) is 106 cm³/mol. The highest BCUT2D eigenvalue weighted by molar-refractivity contribution is 7.10. The van der Waals surface area contributed by atoms with Crippen LogP contribution in [0.5, 0.6) is 5.75 Å². The van der Waals surface area contributed by atoms with Gasteiger partial charge < -0.3 is 20.1 Å². The lowest BCUT2D eigenvalue weighted by molar-refractivity contribution is -0.155. The predicted octanol–water partition coefficient (Wildman–Crippen LogP) is 2.57. The summed E-state index contributed by atoms with van der Waals surface area (Å²) in [6.07, 6.45) is -1.01. The van der Waals surface area contributed by atoms with Crippen molar-refractivity contribution < 1.29 is 23.9 Å². The van der Waals surface area contributed by atoms with E-state index in [0.29, 0.717) is 5.75 Å². The van der Waals surface area contributed by atoms with Gasteiger partial charge in [-0.15, -0.1) is 11.3 Å². The molecule has 0 saturated carbocycles. The van der Waals surface area contributed by atoms with Crippen LogP contribution in [0.4, 0.5) is 0 Å². The van der Waals surface area contributed by atoms with Gasteiger partial charge in [-0.3, -0.25) is 14.4 Å². The van der Waals surface area contributed by atoms with Crippen molar-refractivity contribution in [1.82, 2.24) is 10.6 Å². The van der Waals surface area contributed by atoms with Crippen molar-refractivity contribution in [3.63, 3.8) is 0 Å². The molecule has 2 N–H and O–H groups in total. The van der Waals surface area contributed by atoms with Gasteiger partial charge in [0.05, 0.1) is 19.6 Å². The monoisotopic (exact) mass is 404 g/mol. The van der Waals surface area contributed by atoms with E-state index in [1.807, 2.05) is 35.7 Å². The third-order valence-corrected chi connectivity index (χ3v) is 4.94. The number of hydrogen-bond acceptors (Lipinski definition) is 6. The zero-order chi connectivity index (χ0) is 20.5. The van der Waals surface area contributed by atoms with Gasteiger partial charge >= 0.3 is 5.97 Å². The normalized spacial score (nSPS) is 12.5. The van der Waals surface area contributed by atoms with E-state index in [1.165, 1.54) is 25.2 Å². The van der Waals surface area contributed by atoms with Gasteiger partial charge in [0.25, 0.3) is 5.91 Å². The van der Waals surface area contributed by atoms with E-state index >= 15 is 0 Å². The summed E-state index contributed by atoms with van der Waals surface area (Å²) in [6, 6.07) is 10.5. The second kappa shape index (κ2) is 10.5. The van der Waals surface area contributed by atoms with Crippen molar-refractivity contribution in [2.75, 3.05) is 7.11 Å². The van der Waals surface area contributed by atoms with Gasteiger partial charge in [-0.25, -0.2) is 0 Å². The Hall–Kier alpha value is -2.87. The highest BCUT2D eigenvalue weighted by Gasteiger charge is 2.23. The van der Waals surface area contributed by atoms with Crippen LogP contribution in [0.1, 0.15) is 36.8 Å². The number of esters is 1. The second-order valence-electron chi connectivity index (χ2n) is 6.13. The SMILES string of the molecule is COc1ccccc1CNC(=O)C(C)OC(=O)CC(NC(C)=O)c1cccs1. The Morgan fingerprint density at radius 2 is 1.89 bits per heavy atom. The topological polar surface area (TPSA) is 93.7 Å². The fourth-order valence-electron chi connectivity index (χ4n) is 2.60. The second-order valence-corrected chi connectivity index (χ2v) is 7.11. The van der Waals surface area contributed by atoms with Crippen LogP contribution in [-0.2, 0) is 25.7 Å². The summed E-state index contributed by atoms with van der Waals surface area (Å²) >= 11 is 1.44. The van der Waals surface area contributed by atoms with E-state index in [0.717, 1.165) is 10.4 Å². The lowest BCUT2D eigenvalue weighted by Gasteiger charge is -2.18. The Labute approximate surface area is 168 Å². The summed E-state index contributed by atoms with van der Waals surface area (Å²) < 4.78 is 10.5. The quantitative estimate of drug-likeness (QED) is 0.627. The Bertz CT molecular complexity index is 807. The molecule has 0 aliphatic carbocycles. The van der Waals surface area contributed by atoms with E-state index in [4.69, 9.17) is 9.47 Å². The molecule has 2 rings (SSSR count). The summed E-state index contributed by atoms with van der Waals surface area (Å²) in [5.74, 6) is -0.547. The maximum atomic E-state index is 12.3. The van der Waals surface area contributed by atoms with Gasteiger partial charge in [-0.2, -0.15) is 0 Å². The molecular formula is C20H24N2O5S. The molecule has 2 unspecified atom stereocenters. The van der Waals surface area contributed by atoms with Crippen molar-refractivity contribution in [2.45, 2.75) is 39.0 Å². The third-order valence-electron chi connectivity index (χ3n) is 3.96. The van der Waals surface area contributed by atoms with Crippen molar-refractivity contribution in [1.29, 1.82) is 0 Å². The first-order valence-corrected chi connectivity index (χ1v) is 9.68. The van der Waals surface area contributed by atoms with Gasteiger partial charge in [0.15, 0.2) is 6.10 Å².